The van der Waals surface area contributed by atoms with Gasteiger partial charge in [-0.25, -0.2) is 4.79 Å². The van der Waals surface area contributed by atoms with Crippen LogP contribution in [-0.2, 0) is 0 Å². The van der Waals surface area contributed by atoms with E-state index in [1.54, 1.807) is 18.2 Å². The Kier molecular flexibility index (Phi) is 3.70. The van der Waals surface area contributed by atoms with Crippen LogP contribution in [0, 0.1) is 16.7 Å². The van der Waals surface area contributed by atoms with Gasteiger partial charge in [0, 0.05) is 12.1 Å². The van der Waals surface area contributed by atoms with Crippen LogP contribution in [-0.4, -0.2) is 23.8 Å². The fourth-order valence-corrected chi connectivity index (χ4v) is 2.15. The zero-order chi connectivity index (χ0) is 14.8. The van der Waals surface area contributed by atoms with Crippen molar-refractivity contribution < 1.29 is 14.6 Å². The maximum absolute atomic E-state index is 10.6. The third-order valence-electron chi connectivity index (χ3n) is 3.09. The van der Waals surface area contributed by atoms with Gasteiger partial charge in [0.25, 0.3) is 0 Å². The molecular weight excluding hydrogens is 258 g/mol. The van der Waals surface area contributed by atoms with E-state index in [1.165, 1.54) is 0 Å². The van der Waals surface area contributed by atoms with Crippen LogP contribution in [0.4, 0.5) is 16.2 Å². The predicted octanol–water partition coefficient (Wildman–Crippen LogP) is 2.89. The number of nitriles is 1. The van der Waals surface area contributed by atoms with E-state index in [2.05, 4.69) is 16.7 Å². The second-order valence-corrected chi connectivity index (χ2v) is 5.46. The van der Waals surface area contributed by atoms with Crippen LogP contribution in [0.3, 0.4) is 0 Å². The van der Waals surface area contributed by atoms with E-state index in [4.69, 9.17) is 15.1 Å². The average molecular weight is 275 g/mol. The molecule has 1 atom stereocenters. The number of hydrogen-bond acceptors (Lipinski definition) is 4. The van der Waals surface area contributed by atoms with Crippen molar-refractivity contribution in [3.8, 4) is 11.8 Å². The Bertz CT molecular complexity index is 563. The number of benzene rings is 1. The molecule has 1 aliphatic rings. The van der Waals surface area contributed by atoms with E-state index in [9.17, 15) is 4.79 Å². The molecule has 0 fully saturated rings. The SMILES string of the molecule is CC(C)(C#N)CC1CNc2cc(NC(=O)O)ccc2O1. The minimum atomic E-state index is -1.10. The van der Waals surface area contributed by atoms with Crippen LogP contribution in [0.1, 0.15) is 20.3 Å². The van der Waals surface area contributed by atoms with Crippen molar-refractivity contribution in [3.63, 3.8) is 0 Å². The van der Waals surface area contributed by atoms with Gasteiger partial charge in [-0.15, -0.1) is 0 Å². The van der Waals surface area contributed by atoms with E-state index in [-0.39, 0.29) is 6.10 Å². The Morgan fingerprint density at radius 1 is 1.65 bits per heavy atom. The maximum atomic E-state index is 10.6. The smallest absolute Gasteiger partial charge is 0.409 e. The van der Waals surface area contributed by atoms with Gasteiger partial charge in [-0.05, 0) is 32.0 Å². The van der Waals surface area contributed by atoms with Crippen LogP contribution >= 0.6 is 0 Å². The quantitative estimate of drug-likeness (QED) is 0.788. The molecule has 0 radical (unpaired) electrons. The van der Waals surface area contributed by atoms with Crippen molar-refractivity contribution in [2.45, 2.75) is 26.4 Å². The molecule has 0 saturated carbocycles. The zero-order valence-electron chi connectivity index (χ0n) is 11.4. The lowest BCUT2D eigenvalue weighted by Gasteiger charge is -2.30. The molecule has 0 spiro atoms. The molecule has 0 bridgehead atoms. The number of ether oxygens (including phenoxy) is 1. The van der Waals surface area contributed by atoms with Gasteiger partial charge in [0.05, 0.1) is 23.7 Å². The summed E-state index contributed by atoms with van der Waals surface area (Å²) in [7, 11) is 0. The summed E-state index contributed by atoms with van der Waals surface area (Å²) >= 11 is 0. The third kappa shape index (κ3) is 3.32. The number of nitrogens with one attached hydrogen (secondary N) is 2. The fourth-order valence-electron chi connectivity index (χ4n) is 2.15. The first-order valence-corrected chi connectivity index (χ1v) is 6.35. The number of amides is 1. The molecule has 1 amide bonds. The van der Waals surface area contributed by atoms with E-state index >= 15 is 0 Å². The summed E-state index contributed by atoms with van der Waals surface area (Å²) in [4.78, 5) is 10.6. The lowest BCUT2D eigenvalue weighted by atomic mass is 9.88. The lowest BCUT2D eigenvalue weighted by Crippen LogP contribution is -2.34. The number of nitrogens with zero attached hydrogens (tertiary/aromatic N) is 1. The molecule has 6 heteroatoms. The number of carboxylic acid groups (broad SMARTS) is 1. The van der Waals surface area contributed by atoms with Crippen molar-refractivity contribution in [3.05, 3.63) is 18.2 Å². The first-order chi connectivity index (χ1) is 9.39. The molecule has 1 unspecified atom stereocenters. The largest absolute Gasteiger partial charge is 0.486 e. The number of anilines is 2. The molecule has 1 aromatic carbocycles. The Morgan fingerprint density at radius 2 is 2.40 bits per heavy atom. The van der Waals surface area contributed by atoms with Crippen LogP contribution in [0.2, 0.25) is 0 Å². The Balaban J connectivity index is 2.08. The summed E-state index contributed by atoms with van der Waals surface area (Å²) in [5.41, 5.74) is 0.805. The van der Waals surface area contributed by atoms with Gasteiger partial charge in [-0.2, -0.15) is 5.26 Å². The van der Waals surface area contributed by atoms with Gasteiger partial charge >= 0.3 is 6.09 Å². The zero-order valence-corrected chi connectivity index (χ0v) is 11.4. The van der Waals surface area contributed by atoms with Crippen LogP contribution < -0.4 is 15.4 Å². The molecule has 0 aromatic heterocycles. The molecular formula is C14H17N3O3. The molecule has 1 aliphatic heterocycles. The summed E-state index contributed by atoms with van der Waals surface area (Å²) < 4.78 is 5.84. The molecule has 0 saturated heterocycles. The summed E-state index contributed by atoms with van der Waals surface area (Å²) in [6.07, 6.45) is -0.545. The third-order valence-corrected chi connectivity index (χ3v) is 3.09. The van der Waals surface area contributed by atoms with Gasteiger partial charge in [0.1, 0.15) is 11.9 Å². The Hall–Kier alpha value is -2.42. The standard InChI is InChI=1S/C14H17N3O3/c1-14(2,8-15)6-10-7-16-11-5-9(17-13(18)19)3-4-12(11)20-10/h3-5,10,16-17H,6-7H2,1-2H3,(H,18,19). The van der Waals surface area contributed by atoms with Crippen molar-refractivity contribution >= 4 is 17.5 Å². The summed E-state index contributed by atoms with van der Waals surface area (Å²) in [6.45, 7) is 4.35. The van der Waals surface area contributed by atoms with Crippen LogP contribution in [0.15, 0.2) is 18.2 Å². The summed E-state index contributed by atoms with van der Waals surface area (Å²) in [6, 6.07) is 7.32. The van der Waals surface area contributed by atoms with Crippen molar-refractivity contribution in [2.75, 3.05) is 17.2 Å². The number of hydrogen-bond donors (Lipinski definition) is 3. The average Bonchev–Trinajstić information content (AvgIpc) is 2.38. The Labute approximate surface area is 117 Å². The van der Waals surface area contributed by atoms with Gasteiger partial charge in [-0.1, -0.05) is 0 Å². The van der Waals surface area contributed by atoms with Crippen molar-refractivity contribution in [2.24, 2.45) is 5.41 Å². The van der Waals surface area contributed by atoms with Crippen LogP contribution in [0.25, 0.3) is 0 Å². The highest BCUT2D eigenvalue weighted by Gasteiger charge is 2.27. The molecule has 2 rings (SSSR count). The minimum absolute atomic E-state index is 0.0737. The number of rotatable bonds is 3. The number of carbonyl (C=O) groups is 1. The Morgan fingerprint density at radius 3 is 3.05 bits per heavy atom. The lowest BCUT2D eigenvalue weighted by molar-refractivity contribution is 0.161. The highest BCUT2D eigenvalue weighted by Crippen LogP contribution is 2.34. The van der Waals surface area contributed by atoms with Gasteiger partial charge < -0.3 is 15.2 Å². The highest BCUT2D eigenvalue weighted by atomic mass is 16.5. The first-order valence-electron chi connectivity index (χ1n) is 6.35. The monoisotopic (exact) mass is 275 g/mol. The van der Waals surface area contributed by atoms with Gasteiger partial charge in [-0.3, -0.25) is 5.32 Å². The summed E-state index contributed by atoms with van der Waals surface area (Å²) in [5.74, 6) is 0.672. The minimum Gasteiger partial charge on any atom is -0.486 e. The molecule has 3 N–H and O–H groups in total. The van der Waals surface area contributed by atoms with Crippen molar-refractivity contribution in [1.82, 2.24) is 0 Å². The highest BCUT2D eigenvalue weighted by molar-refractivity contribution is 5.84. The maximum Gasteiger partial charge on any atom is 0.409 e. The molecule has 6 nitrogen and oxygen atoms in total. The van der Waals surface area contributed by atoms with E-state index in [0.29, 0.717) is 24.4 Å². The molecule has 1 aromatic rings. The molecule has 1 heterocycles. The van der Waals surface area contributed by atoms with Gasteiger partial charge in [0.15, 0.2) is 0 Å². The molecule has 106 valence electrons. The molecule has 20 heavy (non-hydrogen) atoms. The van der Waals surface area contributed by atoms with E-state index < -0.39 is 11.5 Å². The summed E-state index contributed by atoms with van der Waals surface area (Å²) in [5, 5.41) is 23.2. The second kappa shape index (κ2) is 5.29. The molecule has 0 aliphatic carbocycles. The topological polar surface area (TPSA) is 94.4 Å². The van der Waals surface area contributed by atoms with E-state index in [0.717, 1.165) is 5.69 Å². The van der Waals surface area contributed by atoms with Crippen molar-refractivity contribution in [1.29, 1.82) is 5.26 Å². The normalized spacial score (nSPS) is 17.1. The predicted molar refractivity (Wildman–Crippen MR) is 75.0 cm³/mol. The van der Waals surface area contributed by atoms with E-state index in [1.807, 2.05) is 13.8 Å². The van der Waals surface area contributed by atoms with Crippen LogP contribution in [0.5, 0.6) is 5.75 Å². The number of fused-ring (bicyclic) bond motifs is 1. The van der Waals surface area contributed by atoms with Gasteiger partial charge in [0.2, 0.25) is 0 Å². The fraction of sp³-hybridized carbons (Fsp3) is 0.429. The first kappa shape index (κ1) is 14.0. The second-order valence-electron chi connectivity index (χ2n) is 5.46.